The van der Waals surface area contributed by atoms with Gasteiger partial charge in [0.2, 0.25) is 5.78 Å². The molecule has 3 aromatic rings. The molecule has 0 aliphatic carbocycles. The average molecular weight is 396 g/mol. The number of carbonyl (C=O) groups excluding carboxylic acids is 2. The summed E-state index contributed by atoms with van der Waals surface area (Å²) in [4.78, 5) is 43.4. The number of aromatic nitrogens is 2. The number of thiophene rings is 1. The Kier molecular flexibility index (Phi) is 4.63. The highest BCUT2D eigenvalue weighted by molar-refractivity contribution is 7.20. The Morgan fingerprint density at radius 2 is 1.93 bits per heavy atom. The molecule has 0 spiro atoms. The first-order valence-electron chi connectivity index (χ1n) is 9.21. The van der Waals surface area contributed by atoms with Crippen molar-refractivity contribution >= 4 is 33.3 Å². The second kappa shape index (κ2) is 6.98. The largest absolute Gasteiger partial charge is 0.450 e. The van der Waals surface area contributed by atoms with Gasteiger partial charge in [-0.25, -0.2) is 9.78 Å². The molecular weight excluding hydrogens is 376 g/mol. The first-order chi connectivity index (χ1) is 13.4. The predicted molar refractivity (Wildman–Crippen MR) is 107 cm³/mol. The number of ketones is 1. The highest BCUT2D eigenvalue weighted by Gasteiger charge is 2.26. The lowest BCUT2D eigenvalue weighted by Gasteiger charge is -2.12. The van der Waals surface area contributed by atoms with Crippen LogP contribution in [0.1, 0.15) is 50.3 Å². The summed E-state index contributed by atoms with van der Waals surface area (Å²) in [6.07, 6.45) is 0.759. The van der Waals surface area contributed by atoms with Gasteiger partial charge in [0.1, 0.15) is 15.5 Å². The predicted octanol–water partition coefficient (Wildman–Crippen LogP) is 3.45. The van der Waals surface area contributed by atoms with E-state index in [0.717, 1.165) is 35.6 Å². The van der Waals surface area contributed by atoms with Gasteiger partial charge in [-0.1, -0.05) is 29.8 Å². The molecule has 0 radical (unpaired) electrons. The number of rotatable bonds is 4. The molecule has 0 saturated carbocycles. The van der Waals surface area contributed by atoms with E-state index in [2.05, 4.69) is 4.98 Å². The first-order valence-corrected chi connectivity index (χ1v) is 10.0. The standard InChI is InChI=1S/C21H20N2O4S/c1-11-6-8-14(9-7-11)17(24)13(3)27-21(26)18-12(2)16-19(28-18)22-15-5-4-10-23(15)20(16)25/h6-9,13H,4-5,10H2,1-3H3. The van der Waals surface area contributed by atoms with Gasteiger partial charge in [0.15, 0.2) is 6.10 Å². The van der Waals surface area contributed by atoms with Gasteiger partial charge in [0.25, 0.3) is 5.56 Å². The molecule has 1 aliphatic heterocycles. The van der Waals surface area contributed by atoms with Gasteiger partial charge in [-0.15, -0.1) is 11.3 Å². The van der Waals surface area contributed by atoms with Gasteiger partial charge in [-0.2, -0.15) is 0 Å². The summed E-state index contributed by atoms with van der Waals surface area (Å²) in [7, 11) is 0. The Bertz CT molecular complexity index is 1160. The third kappa shape index (κ3) is 3.05. The Labute approximate surface area is 165 Å². The number of aryl methyl sites for hydroxylation is 3. The zero-order valence-corrected chi connectivity index (χ0v) is 16.8. The number of nitrogens with zero attached hydrogens (tertiary/aromatic N) is 2. The fraction of sp³-hybridized carbons (Fsp3) is 0.333. The second-order valence-corrected chi connectivity index (χ2v) is 8.10. The fourth-order valence-electron chi connectivity index (χ4n) is 3.49. The molecule has 28 heavy (non-hydrogen) atoms. The number of Topliss-reactive ketones (excluding diaryl/α,β-unsaturated/α-hetero) is 1. The van der Waals surface area contributed by atoms with Crippen molar-refractivity contribution in [2.75, 3.05) is 0 Å². The quantitative estimate of drug-likeness (QED) is 0.499. The van der Waals surface area contributed by atoms with E-state index >= 15 is 0 Å². The van der Waals surface area contributed by atoms with E-state index in [1.165, 1.54) is 0 Å². The zero-order valence-electron chi connectivity index (χ0n) is 15.9. The van der Waals surface area contributed by atoms with Crippen molar-refractivity contribution in [3.8, 4) is 0 Å². The zero-order chi connectivity index (χ0) is 20.0. The summed E-state index contributed by atoms with van der Waals surface area (Å²) >= 11 is 1.15. The van der Waals surface area contributed by atoms with Crippen molar-refractivity contribution in [2.45, 2.75) is 46.3 Å². The van der Waals surface area contributed by atoms with Crippen LogP contribution >= 0.6 is 11.3 Å². The van der Waals surface area contributed by atoms with Crippen LogP contribution in [0.15, 0.2) is 29.1 Å². The Morgan fingerprint density at radius 3 is 2.64 bits per heavy atom. The minimum absolute atomic E-state index is 0.103. The van der Waals surface area contributed by atoms with Gasteiger partial charge in [-0.05, 0) is 32.8 Å². The molecule has 1 atom stereocenters. The van der Waals surface area contributed by atoms with Gasteiger partial charge in [0.05, 0.1) is 5.39 Å². The van der Waals surface area contributed by atoms with Gasteiger partial charge >= 0.3 is 5.97 Å². The summed E-state index contributed by atoms with van der Waals surface area (Å²) in [5.74, 6) is -0.0936. The lowest BCUT2D eigenvalue weighted by Crippen LogP contribution is -2.24. The van der Waals surface area contributed by atoms with Crippen LogP contribution in [0.4, 0.5) is 0 Å². The second-order valence-electron chi connectivity index (χ2n) is 7.10. The van der Waals surface area contributed by atoms with Gasteiger partial charge < -0.3 is 4.74 Å². The molecule has 0 fully saturated rings. The number of benzene rings is 1. The SMILES string of the molecule is Cc1ccc(C(=O)C(C)OC(=O)c2sc3nc4n(c(=O)c3c2C)CCC4)cc1. The van der Waals surface area contributed by atoms with E-state index in [9.17, 15) is 14.4 Å². The number of hydrogen-bond donors (Lipinski definition) is 0. The van der Waals surface area contributed by atoms with Crippen LogP contribution in [0, 0.1) is 13.8 Å². The summed E-state index contributed by atoms with van der Waals surface area (Å²) in [5.41, 5.74) is 2.01. The van der Waals surface area contributed by atoms with Crippen molar-refractivity contribution in [2.24, 2.45) is 0 Å². The molecule has 2 aromatic heterocycles. The van der Waals surface area contributed by atoms with Crippen molar-refractivity contribution in [1.82, 2.24) is 9.55 Å². The lowest BCUT2D eigenvalue weighted by molar-refractivity contribution is 0.0323. The third-order valence-electron chi connectivity index (χ3n) is 5.09. The lowest BCUT2D eigenvalue weighted by atomic mass is 10.1. The van der Waals surface area contributed by atoms with E-state index in [1.807, 2.05) is 19.1 Å². The molecule has 6 nitrogen and oxygen atoms in total. The number of hydrogen-bond acceptors (Lipinski definition) is 6. The van der Waals surface area contributed by atoms with E-state index in [4.69, 9.17) is 4.74 Å². The maximum atomic E-state index is 12.7. The average Bonchev–Trinajstić information content (AvgIpc) is 3.27. The summed E-state index contributed by atoms with van der Waals surface area (Å²) in [6.45, 7) is 5.89. The van der Waals surface area contributed by atoms with Crippen molar-refractivity contribution < 1.29 is 14.3 Å². The number of fused-ring (bicyclic) bond motifs is 2. The molecule has 144 valence electrons. The molecule has 7 heteroatoms. The molecule has 0 N–H and O–H groups in total. The highest BCUT2D eigenvalue weighted by Crippen LogP contribution is 2.29. The van der Waals surface area contributed by atoms with Crippen LogP contribution in [0.3, 0.4) is 0 Å². The van der Waals surface area contributed by atoms with Crippen molar-refractivity contribution in [1.29, 1.82) is 0 Å². The molecule has 0 saturated heterocycles. The van der Waals surface area contributed by atoms with Gasteiger partial charge in [0, 0.05) is 18.5 Å². The van der Waals surface area contributed by atoms with E-state index in [1.54, 1.807) is 30.5 Å². The molecular formula is C21H20N2O4S. The summed E-state index contributed by atoms with van der Waals surface area (Å²) < 4.78 is 7.10. The topological polar surface area (TPSA) is 78.3 Å². The number of esters is 1. The maximum absolute atomic E-state index is 12.7. The Balaban J connectivity index is 1.61. The highest BCUT2D eigenvalue weighted by atomic mass is 32.1. The third-order valence-corrected chi connectivity index (χ3v) is 6.25. The fourth-order valence-corrected chi connectivity index (χ4v) is 4.56. The minimum atomic E-state index is -0.918. The molecule has 3 heterocycles. The maximum Gasteiger partial charge on any atom is 0.349 e. The van der Waals surface area contributed by atoms with Crippen molar-refractivity contribution in [3.63, 3.8) is 0 Å². The summed E-state index contributed by atoms with van der Waals surface area (Å²) in [5, 5.41) is 0.472. The van der Waals surface area contributed by atoms with Crippen LogP contribution in [0.5, 0.6) is 0 Å². The first kappa shape index (κ1) is 18.6. The van der Waals surface area contributed by atoms with Crippen LogP contribution in [-0.4, -0.2) is 27.4 Å². The monoisotopic (exact) mass is 396 g/mol. The molecule has 0 bridgehead atoms. The molecule has 4 rings (SSSR count). The van der Waals surface area contributed by atoms with Crippen LogP contribution in [0.2, 0.25) is 0 Å². The smallest absolute Gasteiger partial charge is 0.349 e. The minimum Gasteiger partial charge on any atom is -0.450 e. The van der Waals surface area contributed by atoms with E-state index in [0.29, 0.717) is 32.8 Å². The van der Waals surface area contributed by atoms with Crippen LogP contribution in [0.25, 0.3) is 10.2 Å². The van der Waals surface area contributed by atoms with Gasteiger partial charge in [-0.3, -0.25) is 14.2 Å². The van der Waals surface area contributed by atoms with Crippen LogP contribution in [-0.2, 0) is 17.7 Å². The summed E-state index contributed by atoms with van der Waals surface area (Å²) in [6, 6.07) is 7.13. The number of ether oxygens (including phenoxy) is 1. The number of carbonyl (C=O) groups is 2. The Morgan fingerprint density at radius 1 is 1.21 bits per heavy atom. The molecule has 0 amide bonds. The molecule has 1 aromatic carbocycles. The van der Waals surface area contributed by atoms with Crippen LogP contribution < -0.4 is 5.56 Å². The molecule has 1 aliphatic rings. The van der Waals surface area contributed by atoms with Crippen molar-refractivity contribution in [3.05, 3.63) is 62.0 Å². The van der Waals surface area contributed by atoms with E-state index in [-0.39, 0.29) is 11.3 Å². The van der Waals surface area contributed by atoms with E-state index < -0.39 is 12.1 Å². The Hall–Kier alpha value is -2.80. The normalized spacial score (nSPS) is 14.1. The molecule has 1 unspecified atom stereocenters.